The SMILES string of the molecule is C=CCOc1cc2oc(=O)cc(C)c2cc1Cl. The smallest absolute Gasteiger partial charge is 0.336 e. The lowest BCUT2D eigenvalue weighted by Gasteiger charge is -2.07. The molecule has 0 N–H and O–H groups in total. The Bertz CT molecular complexity index is 628. The largest absolute Gasteiger partial charge is 0.488 e. The summed E-state index contributed by atoms with van der Waals surface area (Å²) in [6.45, 7) is 5.74. The molecular formula is C13H11ClO3. The predicted octanol–water partition coefficient (Wildman–Crippen LogP) is 3.32. The minimum atomic E-state index is -0.382. The van der Waals surface area contributed by atoms with Gasteiger partial charge in [0.05, 0.1) is 5.02 Å². The second kappa shape index (κ2) is 4.63. The first-order chi connectivity index (χ1) is 8.11. The van der Waals surface area contributed by atoms with Crippen LogP contribution in [-0.2, 0) is 0 Å². The molecule has 0 radical (unpaired) electrons. The van der Waals surface area contributed by atoms with E-state index >= 15 is 0 Å². The van der Waals surface area contributed by atoms with E-state index in [0.29, 0.717) is 23.0 Å². The monoisotopic (exact) mass is 250 g/mol. The molecule has 3 nitrogen and oxygen atoms in total. The highest BCUT2D eigenvalue weighted by atomic mass is 35.5. The second-order valence-electron chi connectivity index (χ2n) is 3.63. The summed E-state index contributed by atoms with van der Waals surface area (Å²) in [6, 6.07) is 4.78. The number of benzene rings is 1. The van der Waals surface area contributed by atoms with Gasteiger partial charge in [-0.25, -0.2) is 4.79 Å². The highest BCUT2D eigenvalue weighted by molar-refractivity contribution is 6.32. The van der Waals surface area contributed by atoms with Gasteiger partial charge in [0.25, 0.3) is 0 Å². The van der Waals surface area contributed by atoms with E-state index in [9.17, 15) is 4.79 Å². The number of ether oxygens (including phenoxy) is 1. The molecule has 2 aromatic rings. The molecule has 0 aliphatic carbocycles. The number of hydrogen-bond donors (Lipinski definition) is 0. The molecule has 0 saturated heterocycles. The molecule has 0 spiro atoms. The van der Waals surface area contributed by atoms with Crippen LogP contribution >= 0.6 is 11.6 Å². The first kappa shape index (κ1) is 11.7. The van der Waals surface area contributed by atoms with Gasteiger partial charge in [0, 0.05) is 17.5 Å². The van der Waals surface area contributed by atoms with E-state index in [4.69, 9.17) is 20.8 Å². The molecule has 4 heteroatoms. The average Bonchev–Trinajstić information content (AvgIpc) is 2.27. The average molecular weight is 251 g/mol. The molecule has 0 atom stereocenters. The van der Waals surface area contributed by atoms with Crippen LogP contribution < -0.4 is 10.4 Å². The Morgan fingerprint density at radius 2 is 2.24 bits per heavy atom. The minimum Gasteiger partial charge on any atom is -0.488 e. The maximum Gasteiger partial charge on any atom is 0.336 e. The van der Waals surface area contributed by atoms with Crippen LogP contribution in [0.5, 0.6) is 5.75 Å². The summed E-state index contributed by atoms with van der Waals surface area (Å²) in [5, 5.41) is 1.29. The van der Waals surface area contributed by atoms with E-state index in [1.165, 1.54) is 6.07 Å². The molecule has 2 rings (SSSR count). The highest BCUT2D eigenvalue weighted by Gasteiger charge is 2.08. The topological polar surface area (TPSA) is 39.4 Å². The van der Waals surface area contributed by atoms with Crippen molar-refractivity contribution in [2.45, 2.75) is 6.92 Å². The summed E-state index contributed by atoms with van der Waals surface area (Å²) >= 11 is 6.07. The van der Waals surface area contributed by atoms with E-state index in [-0.39, 0.29) is 5.63 Å². The van der Waals surface area contributed by atoms with Crippen LogP contribution in [0, 0.1) is 6.92 Å². The fourth-order valence-corrected chi connectivity index (χ4v) is 1.80. The molecular weight excluding hydrogens is 240 g/mol. The quantitative estimate of drug-likeness (QED) is 0.620. The number of halogens is 1. The van der Waals surface area contributed by atoms with Gasteiger partial charge < -0.3 is 9.15 Å². The van der Waals surface area contributed by atoms with Gasteiger partial charge in [-0.1, -0.05) is 24.3 Å². The van der Waals surface area contributed by atoms with Crippen molar-refractivity contribution >= 4 is 22.6 Å². The minimum absolute atomic E-state index is 0.348. The Morgan fingerprint density at radius 1 is 1.47 bits per heavy atom. The Labute approximate surface area is 103 Å². The van der Waals surface area contributed by atoms with Gasteiger partial charge in [0.1, 0.15) is 17.9 Å². The molecule has 0 fully saturated rings. The lowest BCUT2D eigenvalue weighted by molar-refractivity contribution is 0.363. The molecule has 1 aromatic heterocycles. The summed E-state index contributed by atoms with van der Waals surface area (Å²) in [7, 11) is 0. The van der Waals surface area contributed by atoms with Crippen molar-refractivity contribution in [3.05, 3.63) is 51.9 Å². The number of rotatable bonds is 3. The zero-order valence-electron chi connectivity index (χ0n) is 9.33. The second-order valence-corrected chi connectivity index (χ2v) is 4.03. The van der Waals surface area contributed by atoms with Crippen LogP contribution in [0.15, 0.2) is 40.1 Å². The summed E-state index contributed by atoms with van der Waals surface area (Å²) < 4.78 is 10.5. The van der Waals surface area contributed by atoms with E-state index in [1.54, 1.807) is 18.2 Å². The van der Waals surface area contributed by atoms with Gasteiger partial charge in [-0.3, -0.25) is 0 Å². The maximum absolute atomic E-state index is 11.3. The third-order valence-electron chi connectivity index (χ3n) is 2.36. The van der Waals surface area contributed by atoms with Crippen molar-refractivity contribution in [2.75, 3.05) is 6.61 Å². The van der Waals surface area contributed by atoms with Gasteiger partial charge in [-0.15, -0.1) is 0 Å². The van der Waals surface area contributed by atoms with Crippen molar-refractivity contribution < 1.29 is 9.15 Å². The van der Waals surface area contributed by atoms with Crippen molar-refractivity contribution in [1.29, 1.82) is 0 Å². The van der Waals surface area contributed by atoms with Crippen LogP contribution in [0.2, 0.25) is 5.02 Å². The molecule has 0 amide bonds. The van der Waals surface area contributed by atoms with Crippen molar-refractivity contribution in [1.82, 2.24) is 0 Å². The zero-order valence-corrected chi connectivity index (χ0v) is 10.1. The molecule has 1 aromatic carbocycles. The molecule has 0 unspecified atom stereocenters. The normalized spacial score (nSPS) is 10.5. The first-order valence-corrected chi connectivity index (χ1v) is 5.47. The molecule has 0 aliphatic rings. The van der Waals surface area contributed by atoms with E-state index < -0.39 is 0 Å². The fourth-order valence-electron chi connectivity index (χ4n) is 1.58. The van der Waals surface area contributed by atoms with Gasteiger partial charge in [-0.05, 0) is 18.6 Å². The van der Waals surface area contributed by atoms with Crippen LogP contribution in [0.3, 0.4) is 0 Å². The lowest BCUT2D eigenvalue weighted by atomic mass is 10.1. The Hall–Kier alpha value is -1.74. The predicted molar refractivity (Wildman–Crippen MR) is 67.9 cm³/mol. The molecule has 0 saturated carbocycles. The third kappa shape index (κ3) is 2.34. The van der Waals surface area contributed by atoms with Crippen molar-refractivity contribution in [3.8, 4) is 5.75 Å². The molecule has 0 bridgehead atoms. The summed E-state index contributed by atoms with van der Waals surface area (Å²) in [5.41, 5.74) is 0.916. The van der Waals surface area contributed by atoms with Crippen molar-refractivity contribution in [2.24, 2.45) is 0 Å². The highest BCUT2D eigenvalue weighted by Crippen LogP contribution is 2.30. The molecule has 17 heavy (non-hydrogen) atoms. The molecule has 1 heterocycles. The maximum atomic E-state index is 11.3. The molecule has 0 aliphatic heterocycles. The van der Waals surface area contributed by atoms with Crippen LogP contribution in [0.4, 0.5) is 0 Å². The summed E-state index contributed by atoms with van der Waals surface area (Å²) in [5.74, 6) is 0.479. The fraction of sp³-hybridized carbons (Fsp3) is 0.154. The van der Waals surface area contributed by atoms with Gasteiger partial charge in [0.2, 0.25) is 0 Å². The van der Waals surface area contributed by atoms with Crippen molar-refractivity contribution in [3.63, 3.8) is 0 Å². The van der Waals surface area contributed by atoms with Crippen LogP contribution in [0.1, 0.15) is 5.56 Å². The van der Waals surface area contributed by atoms with E-state index in [2.05, 4.69) is 6.58 Å². The zero-order chi connectivity index (χ0) is 12.4. The number of hydrogen-bond acceptors (Lipinski definition) is 3. The summed E-state index contributed by atoms with van der Waals surface area (Å²) in [6.07, 6.45) is 1.62. The Balaban J connectivity index is 2.62. The number of fused-ring (bicyclic) bond motifs is 1. The van der Waals surface area contributed by atoms with Gasteiger partial charge in [-0.2, -0.15) is 0 Å². The Kier molecular flexibility index (Phi) is 3.20. The van der Waals surface area contributed by atoms with Gasteiger partial charge in [0.15, 0.2) is 0 Å². The van der Waals surface area contributed by atoms with Gasteiger partial charge >= 0.3 is 5.63 Å². The van der Waals surface area contributed by atoms with Crippen LogP contribution in [-0.4, -0.2) is 6.61 Å². The number of aryl methyl sites for hydroxylation is 1. The van der Waals surface area contributed by atoms with Crippen LogP contribution in [0.25, 0.3) is 11.0 Å². The van der Waals surface area contributed by atoms with E-state index in [1.807, 2.05) is 6.92 Å². The first-order valence-electron chi connectivity index (χ1n) is 5.09. The molecule has 88 valence electrons. The van der Waals surface area contributed by atoms with E-state index in [0.717, 1.165) is 10.9 Å². The Morgan fingerprint density at radius 3 is 2.94 bits per heavy atom. The summed E-state index contributed by atoms with van der Waals surface area (Å²) in [4.78, 5) is 11.3. The lowest BCUT2D eigenvalue weighted by Crippen LogP contribution is -1.99. The standard InChI is InChI=1S/C13H11ClO3/c1-3-4-16-12-7-11-9(6-10(12)14)8(2)5-13(15)17-11/h3,5-7H,1,4H2,2H3. The third-order valence-corrected chi connectivity index (χ3v) is 2.66.